The van der Waals surface area contributed by atoms with E-state index in [0.717, 1.165) is 80.2 Å². The first-order valence-corrected chi connectivity index (χ1v) is 19.2. The van der Waals surface area contributed by atoms with Crippen molar-refractivity contribution in [2.24, 2.45) is 5.92 Å². The molecule has 8 rings (SSSR count). The monoisotopic (exact) mass is 734 g/mol. The van der Waals surface area contributed by atoms with E-state index in [2.05, 4.69) is 36.5 Å². The van der Waals surface area contributed by atoms with Crippen LogP contribution < -0.4 is 15.4 Å². The van der Waals surface area contributed by atoms with Crippen molar-refractivity contribution in [2.45, 2.75) is 96.1 Å². The Balaban J connectivity index is 0.867. The van der Waals surface area contributed by atoms with E-state index in [0.29, 0.717) is 40.5 Å². The van der Waals surface area contributed by atoms with Crippen molar-refractivity contribution in [1.29, 1.82) is 0 Å². The Morgan fingerprint density at radius 1 is 1.02 bits per heavy atom. The second-order valence-electron chi connectivity index (χ2n) is 15.6. The van der Waals surface area contributed by atoms with Crippen molar-refractivity contribution >= 4 is 40.0 Å². The molecule has 0 spiro atoms. The Kier molecular flexibility index (Phi) is 9.91. The van der Waals surface area contributed by atoms with Crippen LogP contribution in [0.15, 0.2) is 55.1 Å². The zero-order chi connectivity index (χ0) is 37.5. The van der Waals surface area contributed by atoms with Gasteiger partial charge in [0.05, 0.1) is 35.3 Å². The van der Waals surface area contributed by atoms with E-state index in [1.54, 1.807) is 16.9 Å². The number of piperidine rings is 2. The van der Waals surface area contributed by atoms with E-state index in [1.165, 1.54) is 6.07 Å². The number of aromatic nitrogens is 5. The molecule has 5 aromatic rings. The molecule has 1 saturated carbocycles. The van der Waals surface area contributed by atoms with Crippen molar-refractivity contribution in [3.63, 3.8) is 0 Å². The van der Waals surface area contributed by atoms with E-state index in [4.69, 9.17) is 9.84 Å². The van der Waals surface area contributed by atoms with Gasteiger partial charge >= 0.3 is 0 Å². The second kappa shape index (κ2) is 14.9. The summed E-state index contributed by atoms with van der Waals surface area (Å²) in [5.41, 5.74) is 4.66. The van der Waals surface area contributed by atoms with Crippen molar-refractivity contribution in [2.75, 3.05) is 25.0 Å². The van der Waals surface area contributed by atoms with Gasteiger partial charge in [0.25, 0.3) is 5.91 Å². The van der Waals surface area contributed by atoms with Gasteiger partial charge in [-0.3, -0.25) is 24.4 Å². The molecule has 13 heteroatoms. The first kappa shape index (κ1) is 35.8. The summed E-state index contributed by atoms with van der Waals surface area (Å²) < 4.78 is 25.2. The maximum atomic E-state index is 15.3. The number of fused-ring (bicyclic) bond motifs is 2. The standard InChI is InChI=1S/C41H47FN8O4/c1-24(2)54-37-18-35-29(16-33(37)41(53)45-36-20-44-50-21-25(3)19-43-39(36)50)23-49(47-35)30-7-4-26(5-8-30)22-48-14-12-27(13-15-48)31-9-6-28(17-34(31)42)32-10-11-38(51)46-40(32)52/h6,9,16-21,23-24,26-27,30,32H,4-5,7-8,10-15,22H2,1-3H3,(H,45,53)(H,46,51,52). The number of likely N-dealkylation sites (tertiary alicyclic amines) is 1. The second-order valence-corrected chi connectivity index (χ2v) is 15.6. The lowest BCUT2D eigenvalue weighted by Gasteiger charge is -2.37. The molecular formula is C41H47FN8O4. The lowest BCUT2D eigenvalue weighted by Crippen LogP contribution is -2.39. The summed E-state index contributed by atoms with van der Waals surface area (Å²) in [5, 5.41) is 15.5. The zero-order valence-electron chi connectivity index (χ0n) is 31.1. The van der Waals surface area contributed by atoms with Crippen molar-refractivity contribution in [1.82, 2.24) is 34.6 Å². The molecule has 0 radical (unpaired) electrons. The molecule has 0 bridgehead atoms. The predicted octanol–water partition coefficient (Wildman–Crippen LogP) is 6.70. The van der Waals surface area contributed by atoms with Gasteiger partial charge in [0.1, 0.15) is 17.3 Å². The summed E-state index contributed by atoms with van der Waals surface area (Å²) in [6.45, 7) is 8.74. The van der Waals surface area contributed by atoms with Crippen LogP contribution >= 0.6 is 0 Å². The number of carbonyl (C=O) groups excluding carboxylic acids is 3. The summed E-state index contributed by atoms with van der Waals surface area (Å²) >= 11 is 0. The molecule has 3 amide bonds. The number of imide groups is 1. The molecule has 2 N–H and O–H groups in total. The molecule has 282 valence electrons. The highest BCUT2D eigenvalue weighted by Crippen LogP contribution is 2.37. The van der Waals surface area contributed by atoms with E-state index in [-0.39, 0.29) is 48.0 Å². The third-order valence-electron chi connectivity index (χ3n) is 11.4. The summed E-state index contributed by atoms with van der Waals surface area (Å²) in [6.07, 6.45) is 13.9. The summed E-state index contributed by atoms with van der Waals surface area (Å²) in [6, 6.07) is 9.23. The van der Waals surface area contributed by atoms with Gasteiger partial charge in [-0.05, 0) is 119 Å². The molecule has 3 aliphatic rings. The third kappa shape index (κ3) is 7.46. The van der Waals surface area contributed by atoms with Gasteiger partial charge in [0.15, 0.2) is 5.65 Å². The number of aryl methyl sites for hydroxylation is 1. The molecule has 54 heavy (non-hydrogen) atoms. The third-order valence-corrected chi connectivity index (χ3v) is 11.4. The molecule has 1 unspecified atom stereocenters. The first-order chi connectivity index (χ1) is 26.1. The molecule has 12 nitrogen and oxygen atoms in total. The molecule has 1 aliphatic carbocycles. The highest BCUT2D eigenvalue weighted by atomic mass is 19.1. The van der Waals surface area contributed by atoms with Gasteiger partial charge in [-0.1, -0.05) is 12.1 Å². The van der Waals surface area contributed by atoms with Gasteiger partial charge in [0.2, 0.25) is 11.8 Å². The summed E-state index contributed by atoms with van der Waals surface area (Å²) in [7, 11) is 0. The van der Waals surface area contributed by atoms with Crippen molar-refractivity contribution in [3.8, 4) is 5.75 Å². The smallest absolute Gasteiger partial charge is 0.259 e. The van der Waals surface area contributed by atoms with Crippen LogP contribution in [0.3, 0.4) is 0 Å². The van der Waals surface area contributed by atoms with Gasteiger partial charge in [0, 0.05) is 43.0 Å². The SMILES string of the molecule is Cc1cnc2c(NC(=O)c3cc4cn(C5CCC(CN6CCC(c7ccc(C8CCC(=O)NC8=O)cc7F)CC6)CC5)nc4cc3OC(C)C)cnn2c1. The quantitative estimate of drug-likeness (QED) is 0.160. The molecule has 1 atom stereocenters. The van der Waals surface area contributed by atoms with Crippen molar-refractivity contribution in [3.05, 3.63) is 83.2 Å². The Hall–Kier alpha value is -5.17. The minimum atomic E-state index is -0.475. The molecule has 2 saturated heterocycles. The van der Waals surface area contributed by atoms with E-state index < -0.39 is 5.92 Å². The number of nitrogens with zero attached hydrogens (tertiary/aromatic N) is 6. The number of nitrogens with one attached hydrogen (secondary N) is 2. The number of carbonyl (C=O) groups is 3. The lowest BCUT2D eigenvalue weighted by atomic mass is 9.83. The Morgan fingerprint density at radius 2 is 1.81 bits per heavy atom. The molecule has 3 aromatic heterocycles. The maximum Gasteiger partial charge on any atom is 0.259 e. The molecule has 2 aromatic carbocycles. The van der Waals surface area contributed by atoms with E-state index in [9.17, 15) is 14.4 Å². The summed E-state index contributed by atoms with van der Waals surface area (Å²) in [5.74, 6) is -0.376. The number of halogens is 1. The number of hydrogen-bond donors (Lipinski definition) is 2. The van der Waals surface area contributed by atoms with Crippen LogP contribution in [0.2, 0.25) is 0 Å². The van der Waals surface area contributed by atoms with Crippen LogP contribution in [0.1, 0.15) is 110 Å². The highest BCUT2D eigenvalue weighted by Gasteiger charge is 2.31. The van der Waals surface area contributed by atoms with Crippen LogP contribution in [-0.2, 0) is 9.59 Å². The molecular weight excluding hydrogens is 688 g/mol. The van der Waals surface area contributed by atoms with Gasteiger partial charge in [-0.15, -0.1) is 0 Å². The fourth-order valence-corrected chi connectivity index (χ4v) is 8.52. The Morgan fingerprint density at radius 3 is 2.56 bits per heavy atom. The van der Waals surface area contributed by atoms with Gasteiger partial charge < -0.3 is 15.0 Å². The molecule has 3 fully saturated rings. The van der Waals surface area contributed by atoms with E-state index >= 15 is 4.39 Å². The number of ether oxygens (including phenoxy) is 1. The number of anilines is 1. The fourth-order valence-electron chi connectivity index (χ4n) is 8.52. The Bertz CT molecular complexity index is 2210. The fraction of sp³-hybridized carbons (Fsp3) is 0.463. The van der Waals surface area contributed by atoms with Crippen LogP contribution in [0.25, 0.3) is 16.6 Å². The van der Waals surface area contributed by atoms with Gasteiger partial charge in [-0.2, -0.15) is 10.2 Å². The minimum absolute atomic E-state index is 0.127. The predicted molar refractivity (Wildman–Crippen MR) is 202 cm³/mol. The minimum Gasteiger partial charge on any atom is -0.490 e. The van der Waals surface area contributed by atoms with Crippen LogP contribution in [0, 0.1) is 18.7 Å². The first-order valence-electron chi connectivity index (χ1n) is 19.2. The number of amides is 3. The lowest BCUT2D eigenvalue weighted by molar-refractivity contribution is -0.134. The number of rotatable bonds is 9. The average Bonchev–Trinajstić information content (AvgIpc) is 3.75. The Labute approximate surface area is 313 Å². The van der Waals surface area contributed by atoms with Crippen LogP contribution in [0.5, 0.6) is 5.75 Å². The van der Waals surface area contributed by atoms with E-state index in [1.807, 2.05) is 51.2 Å². The average molecular weight is 735 g/mol. The van der Waals surface area contributed by atoms with Gasteiger partial charge in [-0.25, -0.2) is 13.9 Å². The van der Waals surface area contributed by atoms with Crippen LogP contribution in [0.4, 0.5) is 10.1 Å². The highest BCUT2D eigenvalue weighted by molar-refractivity contribution is 6.09. The molecule has 5 heterocycles. The number of hydrogen-bond acceptors (Lipinski definition) is 8. The zero-order valence-corrected chi connectivity index (χ0v) is 31.1. The number of benzene rings is 2. The van der Waals surface area contributed by atoms with Crippen LogP contribution in [-0.4, -0.2) is 72.7 Å². The normalized spacial score (nSPS) is 21.5. The van der Waals surface area contributed by atoms with Crippen molar-refractivity contribution < 1.29 is 23.5 Å². The largest absolute Gasteiger partial charge is 0.490 e. The molecule has 2 aliphatic heterocycles. The maximum absolute atomic E-state index is 15.3. The topological polar surface area (TPSA) is 136 Å². The summed E-state index contributed by atoms with van der Waals surface area (Å²) in [4.78, 5) is 44.4.